The molecule has 3 aliphatic heterocycles. The fourth-order valence-electron chi connectivity index (χ4n) is 4.40. The van der Waals surface area contributed by atoms with Crippen molar-refractivity contribution in [2.24, 2.45) is 0 Å². The summed E-state index contributed by atoms with van der Waals surface area (Å²) in [6.45, 7) is 8.91. The summed E-state index contributed by atoms with van der Waals surface area (Å²) in [6.07, 6.45) is 3.90. The van der Waals surface area contributed by atoms with Gasteiger partial charge in [-0.05, 0) is 43.6 Å². The Hall–Kier alpha value is -1.80. The monoisotopic (exact) mass is 350 g/mol. The van der Waals surface area contributed by atoms with E-state index in [1.54, 1.807) is 11.3 Å². The summed E-state index contributed by atoms with van der Waals surface area (Å²) in [5.74, 6) is 6.66. The Morgan fingerprint density at radius 2 is 1.69 bits per heavy atom. The van der Waals surface area contributed by atoms with Crippen molar-refractivity contribution in [3.05, 3.63) is 47.2 Å². The minimum absolute atomic E-state index is 0.863. The largest absolute Gasteiger partial charge is 0.365 e. The van der Waals surface area contributed by atoms with Crippen LogP contribution in [0.4, 0.5) is 0 Å². The van der Waals surface area contributed by atoms with Crippen molar-refractivity contribution in [3.63, 3.8) is 0 Å². The molecule has 0 saturated carbocycles. The van der Waals surface area contributed by atoms with Crippen LogP contribution in [0.5, 0.6) is 0 Å². The topological polar surface area (TPSA) is 13.0 Å². The van der Waals surface area contributed by atoms with E-state index in [9.17, 15) is 0 Å². The Bertz CT molecular complexity index is 694. The van der Waals surface area contributed by atoms with Gasteiger partial charge in [0.1, 0.15) is 0 Å². The summed E-state index contributed by atoms with van der Waals surface area (Å²) >= 11 is 0. The smallest absolute Gasteiger partial charge is 0.0714 e. The summed E-state index contributed by atoms with van der Waals surface area (Å²) in [6, 6.07) is 10.3. The van der Waals surface area contributed by atoms with E-state index in [0.29, 0.717) is 0 Å². The number of nitrogens with zero attached hydrogens (tertiary/aromatic N) is 4. The Labute approximate surface area is 158 Å². The Morgan fingerprint density at radius 3 is 2.50 bits per heavy atom. The molecule has 0 N–H and O–H groups in total. The minimum Gasteiger partial charge on any atom is -0.365 e. The molecule has 1 saturated heterocycles. The maximum Gasteiger partial charge on any atom is 0.0714 e. The molecule has 0 radical (unpaired) electrons. The fourth-order valence-corrected chi connectivity index (χ4v) is 4.40. The van der Waals surface area contributed by atoms with Gasteiger partial charge in [-0.1, -0.05) is 30.0 Å². The SMILES string of the molecule is CN1CN(CN2CCCC2)CC2=C1CCN(CC#Cc1ccccc1)C2. The molecule has 0 amide bonds. The second-order valence-electron chi connectivity index (χ2n) is 7.81. The molecule has 0 spiro atoms. The molecule has 138 valence electrons. The van der Waals surface area contributed by atoms with Gasteiger partial charge < -0.3 is 4.90 Å². The summed E-state index contributed by atoms with van der Waals surface area (Å²) in [5, 5.41) is 0. The first-order chi connectivity index (χ1) is 12.8. The Kier molecular flexibility index (Phi) is 5.59. The lowest BCUT2D eigenvalue weighted by Crippen LogP contribution is -2.50. The van der Waals surface area contributed by atoms with Crippen molar-refractivity contribution in [1.82, 2.24) is 19.6 Å². The van der Waals surface area contributed by atoms with Gasteiger partial charge >= 0.3 is 0 Å². The van der Waals surface area contributed by atoms with Crippen LogP contribution in [0.3, 0.4) is 0 Å². The van der Waals surface area contributed by atoms with Gasteiger partial charge in [-0.2, -0.15) is 0 Å². The zero-order valence-electron chi connectivity index (χ0n) is 16.0. The maximum atomic E-state index is 3.37. The highest BCUT2D eigenvalue weighted by Gasteiger charge is 2.28. The molecule has 4 rings (SSSR count). The molecule has 0 bridgehead atoms. The van der Waals surface area contributed by atoms with Crippen LogP contribution in [-0.4, -0.2) is 79.3 Å². The van der Waals surface area contributed by atoms with Crippen molar-refractivity contribution in [1.29, 1.82) is 0 Å². The van der Waals surface area contributed by atoms with E-state index < -0.39 is 0 Å². The summed E-state index contributed by atoms with van der Waals surface area (Å²) < 4.78 is 0. The van der Waals surface area contributed by atoms with E-state index in [0.717, 1.165) is 51.5 Å². The molecule has 3 heterocycles. The standard InChI is InChI=1S/C22H30N4/c1-23-18-26(19-25-12-5-6-13-25)17-21-16-24(15-11-22(21)23)14-7-10-20-8-3-2-4-9-20/h2-4,8-9H,5-6,11-19H2,1H3. The van der Waals surface area contributed by atoms with Gasteiger partial charge in [-0.3, -0.25) is 14.7 Å². The summed E-state index contributed by atoms with van der Waals surface area (Å²) in [4.78, 5) is 10.2. The molecule has 0 atom stereocenters. The molecule has 1 aromatic rings. The van der Waals surface area contributed by atoms with Crippen LogP contribution < -0.4 is 0 Å². The zero-order chi connectivity index (χ0) is 17.8. The lowest BCUT2D eigenvalue weighted by atomic mass is 10.0. The molecule has 4 nitrogen and oxygen atoms in total. The van der Waals surface area contributed by atoms with E-state index in [4.69, 9.17) is 0 Å². The third-order valence-electron chi connectivity index (χ3n) is 5.68. The maximum absolute atomic E-state index is 3.37. The van der Waals surface area contributed by atoms with Gasteiger partial charge in [-0.25, -0.2) is 0 Å². The molecule has 3 aliphatic rings. The van der Waals surface area contributed by atoms with Crippen LogP contribution in [0, 0.1) is 11.8 Å². The summed E-state index contributed by atoms with van der Waals surface area (Å²) in [5.41, 5.74) is 4.29. The second kappa shape index (κ2) is 8.26. The van der Waals surface area contributed by atoms with Crippen LogP contribution in [0.1, 0.15) is 24.8 Å². The highest BCUT2D eigenvalue weighted by molar-refractivity contribution is 5.34. The zero-order valence-corrected chi connectivity index (χ0v) is 16.0. The van der Waals surface area contributed by atoms with E-state index in [2.05, 4.69) is 62.8 Å². The van der Waals surface area contributed by atoms with Crippen LogP contribution >= 0.6 is 0 Å². The normalized spacial score (nSPS) is 22.3. The summed E-state index contributed by atoms with van der Waals surface area (Å²) in [7, 11) is 2.26. The molecule has 0 unspecified atom stereocenters. The van der Waals surface area contributed by atoms with Crippen LogP contribution in [-0.2, 0) is 0 Å². The number of hydrogen-bond acceptors (Lipinski definition) is 4. The third-order valence-corrected chi connectivity index (χ3v) is 5.68. The second-order valence-corrected chi connectivity index (χ2v) is 7.81. The molecular weight excluding hydrogens is 320 g/mol. The van der Waals surface area contributed by atoms with Crippen LogP contribution in [0.25, 0.3) is 0 Å². The Balaban J connectivity index is 1.35. The van der Waals surface area contributed by atoms with Gasteiger partial charge in [0.25, 0.3) is 0 Å². The van der Waals surface area contributed by atoms with Gasteiger partial charge in [0.15, 0.2) is 0 Å². The van der Waals surface area contributed by atoms with Gasteiger partial charge in [0.2, 0.25) is 0 Å². The van der Waals surface area contributed by atoms with Crippen LogP contribution in [0.2, 0.25) is 0 Å². The number of benzene rings is 1. The molecule has 1 aromatic carbocycles. The molecule has 0 aromatic heterocycles. The van der Waals surface area contributed by atoms with Crippen molar-refractivity contribution in [2.45, 2.75) is 19.3 Å². The van der Waals surface area contributed by atoms with Gasteiger partial charge in [0.05, 0.1) is 19.9 Å². The molecule has 4 heteroatoms. The van der Waals surface area contributed by atoms with Crippen molar-refractivity contribution in [3.8, 4) is 11.8 Å². The third kappa shape index (κ3) is 4.29. The van der Waals surface area contributed by atoms with Gasteiger partial charge in [0, 0.05) is 44.4 Å². The van der Waals surface area contributed by atoms with Crippen LogP contribution in [0.15, 0.2) is 41.6 Å². The van der Waals surface area contributed by atoms with E-state index in [1.807, 2.05) is 6.07 Å². The average Bonchev–Trinajstić information content (AvgIpc) is 3.15. The van der Waals surface area contributed by atoms with Gasteiger partial charge in [-0.15, -0.1) is 0 Å². The van der Waals surface area contributed by atoms with Crippen molar-refractivity contribution < 1.29 is 0 Å². The molecule has 26 heavy (non-hydrogen) atoms. The predicted octanol–water partition coefficient (Wildman–Crippen LogP) is 2.26. The van der Waals surface area contributed by atoms with E-state index in [-0.39, 0.29) is 0 Å². The van der Waals surface area contributed by atoms with Crippen molar-refractivity contribution >= 4 is 0 Å². The lowest BCUT2D eigenvalue weighted by Gasteiger charge is -2.43. The quantitative estimate of drug-likeness (QED) is 0.775. The Morgan fingerprint density at radius 1 is 0.923 bits per heavy atom. The highest BCUT2D eigenvalue weighted by Crippen LogP contribution is 2.25. The first-order valence-corrected chi connectivity index (χ1v) is 9.91. The predicted molar refractivity (Wildman–Crippen MR) is 106 cm³/mol. The van der Waals surface area contributed by atoms with E-state index >= 15 is 0 Å². The number of hydrogen-bond donors (Lipinski definition) is 0. The highest BCUT2D eigenvalue weighted by atomic mass is 15.4. The number of likely N-dealkylation sites (tertiary alicyclic amines) is 1. The lowest BCUT2D eigenvalue weighted by molar-refractivity contribution is 0.0888. The fraction of sp³-hybridized carbons (Fsp3) is 0.545. The number of rotatable bonds is 3. The molecule has 0 aliphatic carbocycles. The van der Waals surface area contributed by atoms with Crippen molar-refractivity contribution in [2.75, 3.05) is 59.7 Å². The molecular formula is C22H30N4. The first kappa shape index (κ1) is 17.6. The molecule has 1 fully saturated rings. The van der Waals surface area contributed by atoms with E-state index in [1.165, 1.54) is 25.9 Å². The average molecular weight is 351 g/mol. The minimum atomic E-state index is 0.863. The first-order valence-electron chi connectivity index (χ1n) is 9.91.